The van der Waals surface area contributed by atoms with E-state index in [1.807, 2.05) is 13.8 Å². The van der Waals surface area contributed by atoms with Gasteiger partial charge in [0.15, 0.2) is 0 Å². The van der Waals surface area contributed by atoms with Crippen molar-refractivity contribution in [3.63, 3.8) is 0 Å². The molecule has 0 saturated carbocycles. The first-order chi connectivity index (χ1) is 9.25. The molecule has 20 heavy (non-hydrogen) atoms. The summed E-state index contributed by atoms with van der Waals surface area (Å²) in [6, 6.07) is 3.78. The Kier molecular flexibility index (Phi) is 5.28. The van der Waals surface area contributed by atoms with E-state index in [-0.39, 0.29) is 24.6 Å². The van der Waals surface area contributed by atoms with Crippen LogP contribution in [0.25, 0.3) is 0 Å². The van der Waals surface area contributed by atoms with Gasteiger partial charge in [-0.2, -0.15) is 13.2 Å². The van der Waals surface area contributed by atoms with Gasteiger partial charge in [0.1, 0.15) is 5.75 Å². The van der Waals surface area contributed by atoms with Crippen molar-refractivity contribution >= 4 is 5.69 Å². The molecule has 0 bridgehead atoms. The van der Waals surface area contributed by atoms with Crippen LogP contribution in [0.1, 0.15) is 25.8 Å². The Hall–Kier alpha value is -1.43. The van der Waals surface area contributed by atoms with Crippen LogP contribution in [0.15, 0.2) is 18.2 Å². The summed E-state index contributed by atoms with van der Waals surface area (Å²) in [6.45, 7) is 3.87. The number of hydrogen-bond acceptors (Lipinski definition) is 3. The maximum atomic E-state index is 13.0. The summed E-state index contributed by atoms with van der Waals surface area (Å²) in [5.74, 6) is 0.156. The van der Waals surface area contributed by atoms with Crippen molar-refractivity contribution in [1.82, 2.24) is 0 Å². The molecule has 0 radical (unpaired) electrons. The van der Waals surface area contributed by atoms with Crippen molar-refractivity contribution < 1.29 is 23.0 Å². The number of benzene rings is 1. The number of hydrogen-bond donors (Lipinski definition) is 2. The second-order valence-corrected chi connectivity index (χ2v) is 5.09. The minimum atomic E-state index is -4.46. The number of rotatable bonds is 6. The SMILES string of the molecule is CCC(C)(CO)CNc1ccc(OC)cc1C(F)(F)F. The highest BCUT2D eigenvalue weighted by Crippen LogP contribution is 2.37. The molecule has 0 spiro atoms. The molecular weight excluding hydrogens is 271 g/mol. The van der Waals surface area contributed by atoms with Crippen molar-refractivity contribution in [2.75, 3.05) is 25.6 Å². The average molecular weight is 291 g/mol. The van der Waals surface area contributed by atoms with E-state index in [4.69, 9.17) is 4.74 Å². The van der Waals surface area contributed by atoms with E-state index in [1.54, 1.807) is 0 Å². The monoisotopic (exact) mass is 291 g/mol. The zero-order chi connectivity index (χ0) is 15.4. The normalized spacial score (nSPS) is 14.8. The Labute approximate surface area is 116 Å². The highest BCUT2D eigenvalue weighted by Gasteiger charge is 2.34. The van der Waals surface area contributed by atoms with Crippen LogP contribution in [0.4, 0.5) is 18.9 Å². The summed E-state index contributed by atoms with van der Waals surface area (Å²) in [7, 11) is 1.32. The lowest BCUT2D eigenvalue weighted by molar-refractivity contribution is -0.137. The maximum absolute atomic E-state index is 13.0. The van der Waals surface area contributed by atoms with Crippen molar-refractivity contribution in [3.8, 4) is 5.75 Å². The topological polar surface area (TPSA) is 41.5 Å². The fraction of sp³-hybridized carbons (Fsp3) is 0.571. The number of halogens is 3. The lowest BCUT2D eigenvalue weighted by Crippen LogP contribution is -2.30. The standard InChI is InChI=1S/C14H20F3NO2/c1-4-13(2,9-19)8-18-12-6-5-10(20-3)7-11(12)14(15,16)17/h5-7,18-19H,4,8-9H2,1-3H3. The molecule has 0 aromatic heterocycles. The van der Waals surface area contributed by atoms with Crippen LogP contribution in [0.2, 0.25) is 0 Å². The summed E-state index contributed by atoms with van der Waals surface area (Å²) in [5.41, 5.74) is -1.23. The summed E-state index contributed by atoms with van der Waals surface area (Å²) < 4.78 is 43.8. The van der Waals surface area contributed by atoms with Gasteiger partial charge in [0.25, 0.3) is 0 Å². The van der Waals surface area contributed by atoms with Crippen LogP contribution in [-0.2, 0) is 6.18 Å². The van der Waals surface area contributed by atoms with E-state index < -0.39 is 17.2 Å². The lowest BCUT2D eigenvalue weighted by Gasteiger charge is -2.27. The van der Waals surface area contributed by atoms with Crippen molar-refractivity contribution in [1.29, 1.82) is 0 Å². The molecule has 0 fully saturated rings. The molecule has 0 saturated heterocycles. The Bertz CT molecular complexity index is 443. The van der Waals surface area contributed by atoms with Gasteiger partial charge in [0.2, 0.25) is 0 Å². The van der Waals surface area contributed by atoms with Crippen LogP contribution in [0.3, 0.4) is 0 Å². The zero-order valence-electron chi connectivity index (χ0n) is 11.8. The van der Waals surface area contributed by atoms with Crippen LogP contribution in [0.5, 0.6) is 5.75 Å². The fourth-order valence-electron chi connectivity index (χ4n) is 1.64. The van der Waals surface area contributed by atoms with Gasteiger partial charge in [-0.25, -0.2) is 0 Å². The zero-order valence-corrected chi connectivity index (χ0v) is 11.8. The van der Waals surface area contributed by atoms with Gasteiger partial charge < -0.3 is 15.2 Å². The molecule has 0 heterocycles. The minimum Gasteiger partial charge on any atom is -0.497 e. The first kappa shape index (κ1) is 16.6. The van der Waals surface area contributed by atoms with Gasteiger partial charge in [0.05, 0.1) is 19.3 Å². The van der Waals surface area contributed by atoms with Gasteiger partial charge in [-0.3, -0.25) is 0 Å². The van der Waals surface area contributed by atoms with Crippen molar-refractivity contribution in [3.05, 3.63) is 23.8 Å². The molecule has 1 rings (SSSR count). The Balaban J connectivity index is 3.00. The minimum absolute atomic E-state index is 0.00794. The lowest BCUT2D eigenvalue weighted by atomic mass is 9.88. The van der Waals surface area contributed by atoms with Crippen molar-refractivity contribution in [2.24, 2.45) is 5.41 Å². The number of methoxy groups -OCH3 is 1. The van der Waals surface area contributed by atoms with Crippen LogP contribution in [-0.4, -0.2) is 25.4 Å². The van der Waals surface area contributed by atoms with E-state index in [1.165, 1.54) is 19.2 Å². The number of ether oxygens (including phenoxy) is 1. The Morgan fingerprint density at radius 1 is 1.30 bits per heavy atom. The molecule has 2 N–H and O–H groups in total. The predicted molar refractivity (Wildman–Crippen MR) is 72.0 cm³/mol. The van der Waals surface area contributed by atoms with E-state index in [9.17, 15) is 18.3 Å². The van der Waals surface area contributed by atoms with E-state index >= 15 is 0 Å². The first-order valence-electron chi connectivity index (χ1n) is 6.35. The van der Waals surface area contributed by atoms with Crippen molar-refractivity contribution in [2.45, 2.75) is 26.4 Å². The van der Waals surface area contributed by atoms with Gasteiger partial charge in [-0.15, -0.1) is 0 Å². The number of alkyl halides is 3. The predicted octanol–water partition coefficient (Wildman–Crippen LogP) is 3.53. The smallest absolute Gasteiger partial charge is 0.418 e. The second kappa shape index (κ2) is 6.35. The number of aliphatic hydroxyl groups is 1. The van der Waals surface area contributed by atoms with Crippen LogP contribution < -0.4 is 10.1 Å². The second-order valence-electron chi connectivity index (χ2n) is 5.09. The molecule has 6 heteroatoms. The highest BCUT2D eigenvalue weighted by molar-refractivity contribution is 5.55. The summed E-state index contributed by atoms with van der Waals surface area (Å²) >= 11 is 0. The average Bonchev–Trinajstić information content (AvgIpc) is 2.43. The maximum Gasteiger partial charge on any atom is 0.418 e. The van der Waals surface area contributed by atoms with Gasteiger partial charge in [-0.05, 0) is 24.6 Å². The Morgan fingerprint density at radius 3 is 2.40 bits per heavy atom. The third kappa shape index (κ3) is 4.03. The molecule has 0 aliphatic heterocycles. The number of nitrogens with one attached hydrogen (secondary N) is 1. The fourth-order valence-corrected chi connectivity index (χ4v) is 1.64. The van der Waals surface area contributed by atoms with E-state index in [2.05, 4.69) is 5.32 Å². The van der Waals surface area contributed by atoms with Gasteiger partial charge in [-0.1, -0.05) is 13.8 Å². The Morgan fingerprint density at radius 2 is 1.95 bits per heavy atom. The molecule has 1 aromatic carbocycles. The van der Waals surface area contributed by atoms with Crippen LogP contribution in [0, 0.1) is 5.41 Å². The molecule has 1 unspecified atom stereocenters. The molecule has 1 aromatic rings. The molecule has 114 valence electrons. The summed E-state index contributed by atoms with van der Waals surface area (Å²) in [5, 5.41) is 12.1. The van der Waals surface area contributed by atoms with E-state index in [0.717, 1.165) is 6.07 Å². The van der Waals surface area contributed by atoms with Crippen LogP contribution >= 0.6 is 0 Å². The molecule has 0 amide bonds. The molecule has 3 nitrogen and oxygen atoms in total. The quantitative estimate of drug-likeness (QED) is 0.842. The largest absolute Gasteiger partial charge is 0.497 e. The van der Waals surface area contributed by atoms with Gasteiger partial charge >= 0.3 is 6.18 Å². The summed E-state index contributed by atoms with van der Waals surface area (Å²) in [4.78, 5) is 0. The number of anilines is 1. The third-order valence-corrected chi connectivity index (χ3v) is 3.47. The van der Waals surface area contributed by atoms with E-state index in [0.29, 0.717) is 6.42 Å². The summed E-state index contributed by atoms with van der Waals surface area (Å²) in [6.07, 6.45) is -3.80. The molecular formula is C14H20F3NO2. The highest BCUT2D eigenvalue weighted by atomic mass is 19.4. The van der Waals surface area contributed by atoms with Gasteiger partial charge in [0, 0.05) is 17.6 Å². The molecule has 0 aliphatic rings. The third-order valence-electron chi connectivity index (χ3n) is 3.47. The molecule has 1 atom stereocenters. The first-order valence-corrected chi connectivity index (χ1v) is 6.35. The molecule has 0 aliphatic carbocycles. The number of aliphatic hydroxyl groups excluding tert-OH is 1.